The first-order valence-corrected chi connectivity index (χ1v) is 4.60. The third-order valence-corrected chi connectivity index (χ3v) is 1.79. The van der Waals surface area contributed by atoms with Crippen molar-refractivity contribution in [2.45, 2.75) is 6.36 Å². The fourth-order valence-electron chi connectivity index (χ4n) is 1.14. The lowest BCUT2D eigenvalue weighted by molar-refractivity contribution is -0.322. The molecule has 0 saturated carbocycles. The van der Waals surface area contributed by atoms with Crippen LogP contribution in [0.5, 0.6) is 5.75 Å². The second-order valence-corrected chi connectivity index (χ2v) is 2.92. The molecule has 90 valence electrons. The summed E-state index contributed by atoms with van der Waals surface area (Å²) < 4.78 is 43.6. The maximum absolute atomic E-state index is 11.7. The largest absolute Gasteiger partial charge is 0.522 e. The number of para-hydroxylation sites is 2. The van der Waals surface area contributed by atoms with Crippen molar-refractivity contribution in [3.05, 3.63) is 24.3 Å². The van der Waals surface area contributed by atoms with Gasteiger partial charge in [0.2, 0.25) is 0 Å². The summed E-state index contributed by atoms with van der Waals surface area (Å²) in [6.45, 7) is -0.387. The van der Waals surface area contributed by atoms with E-state index < -0.39 is 13.0 Å². The molecule has 0 bridgehead atoms. The Kier molecular flexibility index (Phi) is 4.42. The maximum atomic E-state index is 11.7. The normalized spacial score (nSPS) is 11.2. The zero-order valence-corrected chi connectivity index (χ0v) is 8.67. The average molecular weight is 235 g/mol. The fraction of sp³-hybridized carbons (Fsp3) is 0.400. The van der Waals surface area contributed by atoms with Gasteiger partial charge in [0.05, 0.1) is 19.4 Å². The molecule has 0 aromatic heterocycles. The van der Waals surface area contributed by atoms with Gasteiger partial charge in [0.1, 0.15) is 5.75 Å². The summed E-state index contributed by atoms with van der Waals surface area (Å²) in [5.74, 6) is 0.578. The van der Waals surface area contributed by atoms with E-state index in [0.717, 1.165) is 0 Å². The standard InChI is InChI=1S/C10H12F3NO2/c1-15-9-5-3-2-4-8(9)14-6-7-16-10(11,12)13/h2-5,14H,6-7H2,1H3. The van der Waals surface area contributed by atoms with Gasteiger partial charge in [0, 0.05) is 6.54 Å². The van der Waals surface area contributed by atoms with Crippen molar-refractivity contribution in [2.24, 2.45) is 0 Å². The molecular formula is C10H12F3NO2. The third kappa shape index (κ3) is 4.39. The quantitative estimate of drug-likeness (QED) is 0.796. The van der Waals surface area contributed by atoms with Crippen molar-refractivity contribution < 1.29 is 22.6 Å². The van der Waals surface area contributed by atoms with Crippen LogP contribution < -0.4 is 10.1 Å². The Morgan fingerprint density at radius 1 is 1.25 bits per heavy atom. The van der Waals surface area contributed by atoms with Gasteiger partial charge < -0.3 is 10.1 Å². The number of nitrogens with one attached hydrogen (secondary N) is 1. The molecular weight excluding hydrogens is 223 g/mol. The van der Waals surface area contributed by atoms with E-state index in [0.29, 0.717) is 11.4 Å². The Balaban J connectivity index is 2.37. The molecule has 0 spiro atoms. The van der Waals surface area contributed by atoms with Gasteiger partial charge in [-0.3, -0.25) is 4.74 Å². The molecule has 1 rings (SSSR count). The van der Waals surface area contributed by atoms with Gasteiger partial charge in [0.15, 0.2) is 0 Å². The van der Waals surface area contributed by atoms with Crippen molar-refractivity contribution in [2.75, 3.05) is 25.6 Å². The van der Waals surface area contributed by atoms with Gasteiger partial charge in [-0.05, 0) is 12.1 Å². The van der Waals surface area contributed by atoms with Gasteiger partial charge in [0.25, 0.3) is 0 Å². The molecule has 0 saturated heterocycles. The van der Waals surface area contributed by atoms with Crippen molar-refractivity contribution in [1.82, 2.24) is 0 Å². The number of hydrogen-bond donors (Lipinski definition) is 1. The van der Waals surface area contributed by atoms with Crippen LogP contribution in [0.15, 0.2) is 24.3 Å². The summed E-state index contributed by atoms with van der Waals surface area (Å²) in [6.07, 6.45) is -4.58. The molecule has 6 heteroatoms. The van der Waals surface area contributed by atoms with Crippen molar-refractivity contribution in [3.63, 3.8) is 0 Å². The number of anilines is 1. The van der Waals surface area contributed by atoms with Crippen molar-refractivity contribution >= 4 is 5.69 Å². The molecule has 0 unspecified atom stereocenters. The molecule has 0 radical (unpaired) electrons. The molecule has 0 fully saturated rings. The summed E-state index contributed by atoms with van der Waals surface area (Å²) in [5.41, 5.74) is 0.635. The Labute approximate surface area is 91.2 Å². The Morgan fingerprint density at radius 3 is 2.56 bits per heavy atom. The number of hydrogen-bond acceptors (Lipinski definition) is 3. The third-order valence-electron chi connectivity index (χ3n) is 1.79. The van der Waals surface area contributed by atoms with E-state index >= 15 is 0 Å². The predicted octanol–water partition coefficient (Wildman–Crippen LogP) is 2.64. The lowest BCUT2D eigenvalue weighted by Gasteiger charge is -2.11. The Bertz CT molecular complexity index is 328. The van der Waals surface area contributed by atoms with Crippen LogP contribution in [0.2, 0.25) is 0 Å². The highest BCUT2D eigenvalue weighted by atomic mass is 19.4. The van der Waals surface area contributed by atoms with Crippen LogP contribution in [0.3, 0.4) is 0 Å². The minimum atomic E-state index is -4.58. The summed E-state index contributed by atoms with van der Waals surface area (Å²) >= 11 is 0. The number of methoxy groups -OCH3 is 1. The van der Waals surface area contributed by atoms with E-state index in [9.17, 15) is 13.2 Å². The summed E-state index contributed by atoms with van der Waals surface area (Å²) in [5, 5.41) is 2.79. The molecule has 0 heterocycles. The summed E-state index contributed by atoms with van der Waals surface area (Å²) in [7, 11) is 1.49. The van der Waals surface area contributed by atoms with E-state index in [2.05, 4.69) is 10.1 Å². The molecule has 0 aliphatic rings. The van der Waals surface area contributed by atoms with Gasteiger partial charge in [-0.1, -0.05) is 12.1 Å². The van der Waals surface area contributed by atoms with Gasteiger partial charge >= 0.3 is 6.36 Å². The van der Waals surface area contributed by atoms with Crippen molar-refractivity contribution in [1.29, 1.82) is 0 Å². The average Bonchev–Trinajstić information content (AvgIpc) is 2.23. The number of alkyl halides is 3. The van der Waals surface area contributed by atoms with Crippen LogP contribution in [0.4, 0.5) is 18.9 Å². The highest BCUT2D eigenvalue weighted by Gasteiger charge is 2.28. The Morgan fingerprint density at radius 2 is 1.94 bits per heavy atom. The first-order valence-electron chi connectivity index (χ1n) is 4.60. The molecule has 0 aliphatic heterocycles. The predicted molar refractivity (Wildman–Crippen MR) is 53.5 cm³/mol. The molecule has 0 atom stereocenters. The molecule has 1 N–H and O–H groups in total. The van der Waals surface area contributed by atoms with Crippen LogP contribution in [0.1, 0.15) is 0 Å². The first-order chi connectivity index (χ1) is 7.53. The lowest BCUT2D eigenvalue weighted by Crippen LogP contribution is -2.19. The molecule has 0 aliphatic carbocycles. The summed E-state index contributed by atoms with van der Waals surface area (Å²) in [4.78, 5) is 0. The van der Waals surface area contributed by atoms with Crippen LogP contribution in [0.25, 0.3) is 0 Å². The van der Waals surface area contributed by atoms with Crippen molar-refractivity contribution in [3.8, 4) is 5.75 Å². The van der Waals surface area contributed by atoms with E-state index in [1.807, 2.05) is 0 Å². The topological polar surface area (TPSA) is 30.5 Å². The smallest absolute Gasteiger partial charge is 0.495 e. The number of benzene rings is 1. The second kappa shape index (κ2) is 5.60. The number of ether oxygens (including phenoxy) is 2. The zero-order valence-electron chi connectivity index (χ0n) is 8.67. The van der Waals surface area contributed by atoms with E-state index in [-0.39, 0.29) is 6.54 Å². The number of halogens is 3. The highest BCUT2D eigenvalue weighted by Crippen LogP contribution is 2.22. The fourth-order valence-corrected chi connectivity index (χ4v) is 1.14. The first kappa shape index (κ1) is 12.6. The van der Waals surface area contributed by atoms with Crippen LogP contribution in [-0.4, -0.2) is 26.6 Å². The van der Waals surface area contributed by atoms with Gasteiger partial charge in [-0.2, -0.15) is 0 Å². The molecule has 16 heavy (non-hydrogen) atoms. The van der Waals surface area contributed by atoms with E-state index in [1.165, 1.54) is 7.11 Å². The molecule has 0 amide bonds. The Hall–Kier alpha value is -1.43. The monoisotopic (exact) mass is 235 g/mol. The maximum Gasteiger partial charge on any atom is 0.522 e. The summed E-state index contributed by atoms with van der Waals surface area (Å²) in [6, 6.07) is 6.96. The minimum Gasteiger partial charge on any atom is -0.495 e. The molecule has 1 aromatic rings. The van der Waals surface area contributed by atoms with E-state index in [4.69, 9.17) is 4.74 Å². The zero-order chi connectivity index (χ0) is 12.0. The SMILES string of the molecule is COc1ccccc1NCCOC(F)(F)F. The van der Waals surface area contributed by atoms with Crippen LogP contribution >= 0.6 is 0 Å². The van der Waals surface area contributed by atoms with Crippen LogP contribution in [0, 0.1) is 0 Å². The lowest BCUT2D eigenvalue weighted by atomic mass is 10.3. The van der Waals surface area contributed by atoms with Gasteiger partial charge in [-0.25, -0.2) is 0 Å². The van der Waals surface area contributed by atoms with E-state index in [1.54, 1.807) is 24.3 Å². The van der Waals surface area contributed by atoms with Gasteiger partial charge in [-0.15, -0.1) is 13.2 Å². The number of rotatable bonds is 5. The highest BCUT2D eigenvalue weighted by molar-refractivity contribution is 5.55. The van der Waals surface area contributed by atoms with Crippen LogP contribution in [-0.2, 0) is 4.74 Å². The second-order valence-electron chi connectivity index (χ2n) is 2.92. The molecule has 3 nitrogen and oxygen atoms in total. The minimum absolute atomic E-state index is 0.0554. The molecule has 1 aromatic carbocycles.